The van der Waals surface area contributed by atoms with Crippen LogP contribution in [0.25, 0.3) is 0 Å². The summed E-state index contributed by atoms with van der Waals surface area (Å²) in [5.74, 6) is 0.00678. The van der Waals surface area contributed by atoms with E-state index in [4.69, 9.17) is 16.3 Å². The van der Waals surface area contributed by atoms with Crippen molar-refractivity contribution >= 4 is 17.6 Å². The lowest BCUT2D eigenvalue weighted by molar-refractivity contribution is 0.0600. The van der Waals surface area contributed by atoms with Gasteiger partial charge in [0.2, 0.25) is 0 Å². The van der Waals surface area contributed by atoms with Gasteiger partial charge in [-0.05, 0) is 35.9 Å². The van der Waals surface area contributed by atoms with Gasteiger partial charge in [0.15, 0.2) is 0 Å². The van der Waals surface area contributed by atoms with Gasteiger partial charge in [0, 0.05) is 10.6 Å². The third kappa shape index (κ3) is 3.35. The Morgan fingerprint density at radius 1 is 1.19 bits per heavy atom. The Hall–Kier alpha value is -2.04. The van der Waals surface area contributed by atoms with Gasteiger partial charge in [-0.25, -0.2) is 4.79 Å². The van der Waals surface area contributed by atoms with Crippen molar-refractivity contribution in [3.63, 3.8) is 0 Å². The molecule has 1 atom stereocenters. The summed E-state index contributed by atoms with van der Waals surface area (Å²) in [6.07, 6.45) is -0.955. The van der Waals surface area contributed by atoms with Crippen LogP contribution >= 0.6 is 11.6 Å². The number of halogens is 1. The second-order valence-corrected chi connectivity index (χ2v) is 4.84. The van der Waals surface area contributed by atoms with Gasteiger partial charge in [-0.1, -0.05) is 23.7 Å². The third-order valence-corrected chi connectivity index (χ3v) is 3.34. The van der Waals surface area contributed by atoms with Gasteiger partial charge in [0.1, 0.15) is 11.9 Å². The molecule has 2 aromatic rings. The molecule has 0 amide bonds. The van der Waals surface area contributed by atoms with Crippen molar-refractivity contribution in [2.75, 3.05) is 14.2 Å². The minimum absolute atomic E-state index is 0.342. The molecule has 0 saturated carbocycles. The van der Waals surface area contributed by atoms with Crippen LogP contribution in [0.2, 0.25) is 5.02 Å². The summed E-state index contributed by atoms with van der Waals surface area (Å²) < 4.78 is 9.93. The minimum atomic E-state index is -0.955. The van der Waals surface area contributed by atoms with Crippen LogP contribution in [0.4, 0.5) is 0 Å². The molecule has 2 aromatic carbocycles. The van der Waals surface area contributed by atoms with Gasteiger partial charge in [0.25, 0.3) is 0 Å². The second kappa shape index (κ2) is 6.61. The number of aliphatic hydroxyl groups is 1. The van der Waals surface area contributed by atoms with Crippen molar-refractivity contribution in [1.82, 2.24) is 0 Å². The first kappa shape index (κ1) is 15.4. The number of esters is 1. The van der Waals surface area contributed by atoms with E-state index in [0.29, 0.717) is 27.5 Å². The molecule has 1 unspecified atom stereocenters. The lowest BCUT2D eigenvalue weighted by Crippen LogP contribution is -2.07. The Kier molecular flexibility index (Phi) is 4.83. The largest absolute Gasteiger partial charge is 0.496 e. The summed E-state index contributed by atoms with van der Waals surface area (Å²) in [6, 6.07) is 11.6. The molecule has 0 bridgehead atoms. The highest BCUT2D eigenvalue weighted by Crippen LogP contribution is 2.32. The van der Waals surface area contributed by atoms with Crippen molar-refractivity contribution in [1.29, 1.82) is 0 Å². The molecule has 0 fully saturated rings. The van der Waals surface area contributed by atoms with E-state index in [2.05, 4.69) is 4.74 Å². The molecule has 0 aliphatic heterocycles. The quantitative estimate of drug-likeness (QED) is 0.881. The van der Waals surface area contributed by atoms with E-state index in [1.165, 1.54) is 14.2 Å². The van der Waals surface area contributed by atoms with Crippen molar-refractivity contribution < 1.29 is 19.4 Å². The molecule has 0 radical (unpaired) electrons. The molecule has 2 rings (SSSR count). The Morgan fingerprint density at radius 2 is 1.95 bits per heavy atom. The van der Waals surface area contributed by atoms with Gasteiger partial charge >= 0.3 is 5.97 Å². The average Bonchev–Trinajstić information content (AvgIpc) is 2.52. The maximum absolute atomic E-state index is 11.6. The van der Waals surface area contributed by atoms with E-state index in [9.17, 15) is 9.90 Å². The smallest absolute Gasteiger partial charge is 0.337 e. The van der Waals surface area contributed by atoms with Crippen LogP contribution in [0.1, 0.15) is 27.6 Å². The number of carbonyl (C=O) groups is 1. The highest BCUT2D eigenvalue weighted by atomic mass is 35.5. The molecule has 21 heavy (non-hydrogen) atoms. The number of aliphatic hydroxyl groups excluding tert-OH is 1. The SMILES string of the molecule is COC(=O)c1ccc(OC)c(C(O)c2cccc(Cl)c2)c1. The number of ether oxygens (including phenoxy) is 2. The molecule has 4 nitrogen and oxygen atoms in total. The fourth-order valence-corrected chi connectivity index (χ4v) is 2.25. The summed E-state index contributed by atoms with van der Waals surface area (Å²) in [7, 11) is 2.81. The number of hydrogen-bond acceptors (Lipinski definition) is 4. The molecule has 110 valence electrons. The predicted octanol–water partition coefficient (Wildman–Crippen LogP) is 3.22. The monoisotopic (exact) mass is 306 g/mol. The number of rotatable bonds is 4. The van der Waals surface area contributed by atoms with Crippen LogP contribution < -0.4 is 4.74 Å². The number of benzene rings is 2. The number of hydrogen-bond donors (Lipinski definition) is 1. The summed E-state index contributed by atoms with van der Waals surface area (Å²) in [4.78, 5) is 11.6. The Bertz CT molecular complexity index is 654. The predicted molar refractivity (Wildman–Crippen MR) is 79.8 cm³/mol. The molecule has 0 spiro atoms. The third-order valence-electron chi connectivity index (χ3n) is 3.11. The summed E-state index contributed by atoms with van der Waals surface area (Å²) in [6.45, 7) is 0. The van der Waals surface area contributed by atoms with Crippen LogP contribution in [0.5, 0.6) is 5.75 Å². The molecule has 0 aromatic heterocycles. The number of methoxy groups -OCH3 is 2. The molecule has 0 aliphatic rings. The average molecular weight is 307 g/mol. The highest BCUT2D eigenvalue weighted by Gasteiger charge is 2.18. The molecule has 0 heterocycles. The van der Waals surface area contributed by atoms with Gasteiger partial charge in [-0.15, -0.1) is 0 Å². The zero-order valence-corrected chi connectivity index (χ0v) is 12.4. The van der Waals surface area contributed by atoms with E-state index in [0.717, 1.165) is 0 Å². The van der Waals surface area contributed by atoms with Crippen molar-refractivity contribution in [3.8, 4) is 5.75 Å². The zero-order chi connectivity index (χ0) is 15.4. The van der Waals surface area contributed by atoms with E-state index in [1.54, 1.807) is 42.5 Å². The highest BCUT2D eigenvalue weighted by molar-refractivity contribution is 6.30. The first-order valence-corrected chi connectivity index (χ1v) is 6.64. The molecule has 5 heteroatoms. The lowest BCUT2D eigenvalue weighted by atomic mass is 9.98. The lowest BCUT2D eigenvalue weighted by Gasteiger charge is -2.16. The van der Waals surface area contributed by atoms with E-state index < -0.39 is 12.1 Å². The van der Waals surface area contributed by atoms with E-state index >= 15 is 0 Å². The van der Waals surface area contributed by atoms with Gasteiger partial charge in [0.05, 0.1) is 19.8 Å². The van der Waals surface area contributed by atoms with E-state index in [-0.39, 0.29) is 0 Å². The van der Waals surface area contributed by atoms with Crippen molar-refractivity contribution in [2.45, 2.75) is 6.10 Å². The van der Waals surface area contributed by atoms with Gasteiger partial charge in [-0.2, -0.15) is 0 Å². The molecule has 1 N–H and O–H groups in total. The minimum Gasteiger partial charge on any atom is -0.496 e. The summed E-state index contributed by atoms with van der Waals surface area (Å²) in [5.41, 5.74) is 1.43. The normalized spacial score (nSPS) is 11.8. The summed E-state index contributed by atoms with van der Waals surface area (Å²) >= 11 is 5.94. The van der Waals surface area contributed by atoms with Crippen LogP contribution in [0.15, 0.2) is 42.5 Å². The first-order valence-electron chi connectivity index (χ1n) is 6.26. The Balaban J connectivity index is 2.47. The van der Waals surface area contributed by atoms with Crippen LogP contribution in [0, 0.1) is 0 Å². The maximum Gasteiger partial charge on any atom is 0.337 e. The Morgan fingerprint density at radius 3 is 2.57 bits per heavy atom. The summed E-state index contributed by atoms with van der Waals surface area (Å²) in [5, 5.41) is 11.0. The van der Waals surface area contributed by atoms with Crippen molar-refractivity contribution in [3.05, 3.63) is 64.2 Å². The zero-order valence-electron chi connectivity index (χ0n) is 11.7. The second-order valence-electron chi connectivity index (χ2n) is 4.41. The molecular formula is C16H15ClO4. The van der Waals surface area contributed by atoms with E-state index in [1.807, 2.05) is 0 Å². The topological polar surface area (TPSA) is 55.8 Å². The molecule has 0 aliphatic carbocycles. The van der Waals surface area contributed by atoms with Crippen LogP contribution in [-0.2, 0) is 4.74 Å². The van der Waals surface area contributed by atoms with Crippen LogP contribution in [-0.4, -0.2) is 25.3 Å². The standard InChI is InChI=1S/C16H15ClO4/c1-20-14-7-6-11(16(19)21-2)9-13(14)15(18)10-4-3-5-12(17)8-10/h3-9,15,18H,1-2H3. The molecule has 0 saturated heterocycles. The Labute approximate surface area is 127 Å². The van der Waals surface area contributed by atoms with Gasteiger partial charge in [-0.3, -0.25) is 0 Å². The first-order chi connectivity index (χ1) is 10.1. The number of carbonyl (C=O) groups excluding carboxylic acids is 1. The van der Waals surface area contributed by atoms with Crippen molar-refractivity contribution in [2.24, 2.45) is 0 Å². The fourth-order valence-electron chi connectivity index (χ4n) is 2.05. The van der Waals surface area contributed by atoms with Crippen LogP contribution in [0.3, 0.4) is 0 Å². The fraction of sp³-hybridized carbons (Fsp3) is 0.188. The maximum atomic E-state index is 11.6. The van der Waals surface area contributed by atoms with Gasteiger partial charge < -0.3 is 14.6 Å². The molecular weight excluding hydrogens is 292 g/mol.